The van der Waals surface area contributed by atoms with Gasteiger partial charge in [0.1, 0.15) is 22.8 Å². The number of aromatic nitrogens is 2. The van der Waals surface area contributed by atoms with Crippen LogP contribution in [-0.4, -0.2) is 59.9 Å². The summed E-state index contributed by atoms with van der Waals surface area (Å²) < 4.78 is 10.8. The lowest BCUT2D eigenvalue weighted by atomic mass is 9.61. The van der Waals surface area contributed by atoms with Gasteiger partial charge in [0.25, 0.3) is 0 Å². The van der Waals surface area contributed by atoms with Crippen molar-refractivity contribution in [3.63, 3.8) is 0 Å². The SMILES string of the molecule is COc1cc(OC)c2nc(CCCN(C)CC[C@@]3(O)C[C@@H]4CC[C@H]3C=C4c3ccccc3)[nH]c2c1. The van der Waals surface area contributed by atoms with E-state index >= 15 is 0 Å². The van der Waals surface area contributed by atoms with Gasteiger partial charge >= 0.3 is 0 Å². The number of methoxy groups -OCH3 is 2. The predicted molar refractivity (Wildman–Crippen MR) is 140 cm³/mol. The number of aromatic amines is 1. The number of fused-ring (bicyclic) bond motifs is 3. The Morgan fingerprint density at radius 2 is 1.94 bits per heavy atom. The van der Waals surface area contributed by atoms with Gasteiger partial charge in [0.05, 0.1) is 25.3 Å². The maximum atomic E-state index is 11.5. The molecule has 6 nitrogen and oxygen atoms in total. The number of aliphatic hydroxyl groups is 1. The third-order valence-electron chi connectivity index (χ3n) is 7.95. The van der Waals surface area contributed by atoms with Crippen LogP contribution in [-0.2, 0) is 6.42 Å². The first-order valence-corrected chi connectivity index (χ1v) is 12.8. The van der Waals surface area contributed by atoms with Gasteiger partial charge in [-0.15, -0.1) is 0 Å². The first kappa shape index (κ1) is 23.9. The van der Waals surface area contributed by atoms with Crippen LogP contribution < -0.4 is 9.47 Å². The van der Waals surface area contributed by atoms with Gasteiger partial charge in [-0.25, -0.2) is 4.98 Å². The van der Waals surface area contributed by atoms with Gasteiger partial charge in [-0.2, -0.15) is 0 Å². The maximum Gasteiger partial charge on any atom is 0.150 e. The number of hydrogen-bond donors (Lipinski definition) is 2. The molecule has 0 radical (unpaired) electrons. The molecule has 2 bridgehead atoms. The Morgan fingerprint density at radius 3 is 2.66 bits per heavy atom. The van der Waals surface area contributed by atoms with Gasteiger partial charge in [-0.1, -0.05) is 36.4 Å². The van der Waals surface area contributed by atoms with Crippen LogP contribution in [0.2, 0.25) is 0 Å². The summed E-state index contributed by atoms with van der Waals surface area (Å²) in [6.45, 7) is 1.87. The molecule has 3 aliphatic carbocycles. The summed E-state index contributed by atoms with van der Waals surface area (Å²) >= 11 is 0. The highest BCUT2D eigenvalue weighted by Crippen LogP contribution is 2.51. The van der Waals surface area contributed by atoms with E-state index < -0.39 is 5.60 Å². The van der Waals surface area contributed by atoms with E-state index in [9.17, 15) is 5.11 Å². The standard InChI is InChI=1S/C29H37N3O3/c1-32(14-7-10-27-30-25-17-23(34-2)18-26(35-3)28(25)31-27)15-13-29(33)19-21-11-12-22(29)16-24(21)20-8-5-4-6-9-20/h4-6,8-9,16-18,21-22,33H,7,10-15,19H2,1-3H3,(H,30,31)/t21-,22-,29+/m0/s1. The average molecular weight is 476 g/mol. The zero-order valence-electron chi connectivity index (χ0n) is 21.1. The van der Waals surface area contributed by atoms with Crippen molar-refractivity contribution >= 4 is 16.6 Å². The fraction of sp³-hybridized carbons (Fsp3) is 0.483. The van der Waals surface area contributed by atoms with Crippen molar-refractivity contribution in [2.75, 3.05) is 34.4 Å². The van der Waals surface area contributed by atoms with Crippen LogP contribution in [0.4, 0.5) is 0 Å². The quantitative estimate of drug-likeness (QED) is 0.428. The molecule has 6 heteroatoms. The van der Waals surface area contributed by atoms with Gasteiger partial charge in [0, 0.05) is 31.0 Å². The number of hydrogen-bond acceptors (Lipinski definition) is 5. The number of H-pyrrole nitrogens is 1. The van der Waals surface area contributed by atoms with E-state index in [1.54, 1.807) is 14.2 Å². The number of aryl methyl sites for hydroxylation is 1. The van der Waals surface area contributed by atoms with E-state index in [0.717, 1.165) is 73.6 Å². The summed E-state index contributed by atoms with van der Waals surface area (Å²) in [5.41, 5.74) is 3.96. The molecule has 3 aromatic rings. The highest BCUT2D eigenvalue weighted by molar-refractivity contribution is 5.83. The van der Waals surface area contributed by atoms with E-state index in [2.05, 4.69) is 53.3 Å². The lowest BCUT2D eigenvalue weighted by Gasteiger charge is -2.48. The Kier molecular flexibility index (Phi) is 6.85. The second-order valence-electron chi connectivity index (χ2n) is 10.2. The van der Waals surface area contributed by atoms with Crippen molar-refractivity contribution in [3.05, 3.63) is 59.9 Å². The zero-order valence-corrected chi connectivity index (χ0v) is 21.1. The topological polar surface area (TPSA) is 70.6 Å². The summed E-state index contributed by atoms with van der Waals surface area (Å²) in [5, 5.41) is 11.5. The Morgan fingerprint density at radius 1 is 1.11 bits per heavy atom. The van der Waals surface area contributed by atoms with E-state index in [4.69, 9.17) is 14.5 Å². The minimum Gasteiger partial charge on any atom is -0.497 e. The molecule has 2 N–H and O–H groups in total. The third kappa shape index (κ3) is 4.95. The number of ether oxygens (including phenoxy) is 2. The lowest BCUT2D eigenvalue weighted by Crippen LogP contribution is -2.48. The fourth-order valence-corrected chi connectivity index (χ4v) is 5.95. The number of nitrogens with one attached hydrogen (secondary N) is 1. The molecule has 0 aliphatic heterocycles. The van der Waals surface area contributed by atoms with Gasteiger partial charge in [0.2, 0.25) is 0 Å². The molecule has 0 unspecified atom stereocenters. The van der Waals surface area contributed by atoms with Crippen LogP contribution in [0, 0.1) is 11.8 Å². The van der Waals surface area contributed by atoms with E-state index in [1.807, 2.05) is 12.1 Å². The normalized spacial score (nSPS) is 23.6. The number of imidazole rings is 1. The fourth-order valence-electron chi connectivity index (χ4n) is 5.95. The molecule has 2 aromatic carbocycles. The highest BCUT2D eigenvalue weighted by atomic mass is 16.5. The highest BCUT2D eigenvalue weighted by Gasteiger charge is 2.46. The van der Waals surface area contributed by atoms with Crippen molar-refractivity contribution in [2.24, 2.45) is 11.8 Å². The van der Waals surface area contributed by atoms with Crippen LogP contribution in [0.3, 0.4) is 0 Å². The Balaban J connectivity index is 1.14. The predicted octanol–water partition coefficient (Wildman–Crippen LogP) is 5.08. The number of benzene rings is 2. The number of rotatable bonds is 10. The third-order valence-corrected chi connectivity index (χ3v) is 7.95. The van der Waals surface area contributed by atoms with Gasteiger partial charge in [-0.05, 0) is 62.8 Å². The summed E-state index contributed by atoms with van der Waals surface area (Å²) in [7, 11) is 5.46. The molecule has 1 heterocycles. The van der Waals surface area contributed by atoms with E-state index in [-0.39, 0.29) is 5.92 Å². The number of nitrogens with zero attached hydrogens (tertiary/aromatic N) is 2. The first-order valence-electron chi connectivity index (χ1n) is 12.8. The Hall–Kier alpha value is -2.83. The summed E-state index contributed by atoms with van der Waals surface area (Å²) in [6.07, 6.45) is 8.24. The molecule has 3 atom stereocenters. The number of allylic oxidation sites excluding steroid dienone is 1. The summed E-state index contributed by atoms with van der Waals surface area (Å²) in [4.78, 5) is 10.5. The van der Waals surface area contributed by atoms with Crippen molar-refractivity contribution in [1.29, 1.82) is 0 Å². The summed E-state index contributed by atoms with van der Waals surface area (Å²) in [6, 6.07) is 14.5. The molecule has 0 spiro atoms. The summed E-state index contributed by atoms with van der Waals surface area (Å²) in [5.74, 6) is 3.17. The van der Waals surface area contributed by atoms with Crippen molar-refractivity contribution < 1.29 is 14.6 Å². The molecule has 6 rings (SSSR count). The molecule has 0 amide bonds. The van der Waals surface area contributed by atoms with Crippen molar-refractivity contribution in [1.82, 2.24) is 14.9 Å². The van der Waals surface area contributed by atoms with Gasteiger partial charge in [-0.3, -0.25) is 0 Å². The molecule has 0 saturated heterocycles. The zero-order chi connectivity index (χ0) is 24.4. The van der Waals surface area contributed by atoms with Crippen molar-refractivity contribution in [2.45, 2.75) is 44.1 Å². The second-order valence-corrected chi connectivity index (χ2v) is 10.2. The lowest BCUT2D eigenvalue weighted by molar-refractivity contribution is -0.0574. The Bertz CT molecular complexity index is 1190. The molecule has 1 saturated carbocycles. The van der Waals surface area contributed by atoms with E-state index in [0.29, 0.717) is 5.92 Å². The average Bonchev–Trinajstić information content (AvgIpc) is 3.30. The molecular formula is C29H37N3O3. The Labute approximate surface area is 208 Å². The smallest absolute Gasteiger partial charge is 0.150 e. The molecule has 3 aliphatic rings. The maximum absolute atomic E-state index is 11.5. The minimum absolute atomic E-state index is 0.263. The van der Waals surface area contributed by atoms with Crippen molar-refractivity contribution in [3.8, 4) is 11.5 Å². The van der Waals surface area contributed by atoms with Crippen LogP contribution in [0.15, 0.2) is 48.5 Å². The minimum atomic E-state index is -0.580. The largest absolute Gasteiger partial charge is 0.497 e. The molecule has 186 valence electrons. The second kappa shape index (κ2) is 10.0. The monoisotopic (exact) mass is 475 g/mol. The van der Waals surface area contributed by atoms with Crippen LogP contribution in [0.5, 0.6) is 11.5 Å². The van der Waals surface area contributed by atoms with E-state index in [1.165, 1.54) is 17.6 Å². The molecule has 1 aromatic heterocycles. The van der Waals surface area contributed by atoms with Crippen LogP contribution >= 0.6 is 0 Å². The molecular weight excluding hydrogens is 438 g/mol. The van der Waals surface area contributed by atoms with Gasteiger partial charge < -0.3 is 24.5 Å². The van der Waals surface area contributed by atoms with Crippen LogP contribution in [0.25, 0.3) is 16.6 Å². The van der Waals surface area contributed by atoms with Crippen LogP contribution in [0.1, 0.15) is 43.5 Å². The first-order chi connectivity index (χ1) is 17.0. The molecule has 1 fully saturated rings. The molecule has 35 heavy (non-hydrogen) atoms. The van der Waals surface area contributed by atoms with Gasteiger partial charge in [0.15, 0.2) is 0 Å².